The van der Waals surface area contributed by atoms with Gasteiger partial charge in [0.15, 0.2) is 0 Å². The third-order valence-electron chi connectivity index (χ3n) is 2.49. The van der Waals surface area contributed by atoms with Crippen molar-refractivity contribution in [2.24, 2.45) is 0 Å². The Labute approximate surface area is 99.9 Å². The van der Waals surface area contributed by atoms with Crippen molar-refractivity contribution < 1.29 is 4.74 Å². The highest BCUT2D eigenvalue weighted by Gasteiger charge is 2.09. The lowest BCUT2D eigenvalue weighted by atomic mass is 10.1. The molecular formula is C13H15NOS. The first-order chi connectivity index (χ1) is 7.74. The summed E-state index contributed by atoms with van der Waals surface area (Å²) in [4.78, 5) is 4.59. The van der Waals surface area contributed by atoms with Gasteiger partial charge in [0.25, 0.3) is 0 Å². The lowest BCUT2D eigenvalue weighted by Crippen LogP contribution is -1.89. The van der Waals surface area contributed by atoms with Gasteiger partial charge in [-0.3, -0.25) is 0 Å². The van der Waals surface area contributed by atoms with Crippen LogP contribution >= 0.6 is 11.3 Å². The molecule has 0 N–H and O–H groups in total. The van der Waals surface area contributed by atoms with Gasteiger partial charge in [0, 0.05) is 10.9 Å². The topological polar surface area (TPSA) is 22.1 Å². The number of nitrogens with zero attached hydrogens (tertiary/aromatic N) is 1. The fraction of sp³-hybridized carbons (Fsp3) is 0.308. The number of aryl methyl sites for hydroxylation is 2. The molecule has 0 atom stereocenters. The van der Waals surface area contributed by atoms with Crippen molar-refractivity contribution in [2.75, 3.05) is 7.11 Å². The average Bonchev–Trinajstić information content (AvgIpc) is 2.77. The highest BCUT2D eigenvalue weighted by atomic mass is 32.1. The normalized spacial score (nSPS) is 10.4. The van der Waals surface area contributed by atoms with E-state index in [1.54, 1.807) is 18.4 Å². The number of benzene rings is 1. The molecule has 0 amide bonds. The molecule has 84 valence electrons. The van der Waals surface area contributed by atoms with Gasteiger partial charge in [-0.05, 0) is 25.5 Å². The summed E-state index contributed by atoms with van der Waals surface area (Å²) in [5.74, 6) is 0.888. The van der Waals surface area contributed by atoms with E-state index in [1.165, 1.54) is 10.6 Å². The lowest BCUT2D eigenvalue weighted by Gasteiger charge is -2.06. The minimum Gasteiger partial charge on any atom is -0.496 e. The highest BCUT2D eigenvalue weighted by Crippen LogP contribution is 2.31. The first-order valence-corrected chi connectivity index (χ1v) is 6.22. The SMILES string of the molecule is CCc1nc(-c2cc(C)ccc2OC)cs1. The van der Waals surface area contributed by atoms with Crippen molar-refractivity contribution in [3.8, 4) is 17.0 Å². The quantitative estimate of drug-likeness (QED) is 0.806. The van der Waals surface area contributed by atoms with Crippen LogP contribution in [0.3, 0.4) is 0 Å². The second-order valence-electron chi connectivity index (χ2n) is 3.68. The monoisotopic (exact) mass is 233 g/mol. The minimum absolute atomic E-state index is 0.888. The van der Waals surface area contributed by atoms with Gasteiger partial charge in [0.1, 0.15) is 5.75 Å². The molecule has 0 aliphatic carbocycles. The Bertz CT molecular complexity index is 490. The molecule has 2 aromatic rings. The number of methoxy groups -OCH3 is 1. The van der Waals surface area contributed by atoms with E-state index < -0.39 is 0 Å². The molecule has 0 fully saturated rings. The lowest BCUT2D eigenvalue weighted by molar-refractivity contribution is 0.416. The standard InChI is InChI=1S/C13H15NOS/c1-4-13-14-11(8-16-13)10-7-9(2)5-6-12(10)15-3/h5-8H,4H2,1-3H3. The Balaban J connectivity index is 2.49. The number of rotatable bonds is 3. The smallest absolute Gasteiger partial charge is 0.128 e. The average molecular weight is 233 g/mol. The molecular weight excluding hydrogens is 218 g/mol. The van der Waals surface area contributed by atoms with Gasteiger partial charge in [-0.1, -0.05) is 18.6 Å². The first-order valence-electron chi connectivity index (χ1n) is 5.34. The van der Waals surface area contributed by atoms with Crippen LogP contribution < -0.4 is 4.74 Å². The fourth-order valence-electron chi connectivity index (χ4n) is 1.62. The minimum atomic E-state index is 0.888. The summed E-state index contributed by atoms with van der Waals surface area (Å²) in [7, 11) is 1.70. The molecule has 2 nitrogen and oxygen atoms in total. The van der Waals surface area contributed by atoms with Crippen LogP contribution in [0.4, 0.5) is 0 Å². The summed E-state index contributed by atoms with van der Waals surface area (Å²) in [6.07, 6.45) is 0.985. The molecule has 2 rings (SSSR count). The zero-order valence-electron chi connectivity index (χ0n) is 9.78. The van der Waals surface area contributed by atoms with Gasteiger partial charge >= 0.3 is 0 Å². The maximum atomic E-state index is 5.36. The second-order valence-corrected chi connectivity index (χ2v) is 4.63. The summed E-state index contributed by atoms with van der Waals surface area (Å²) < 4.78 is 5.36. The van der Waals surface area contributed by atoms with Gasteiger partial charge < -0.3 is 4.74 Å². The van der Waals surface area contributed by atoms with Gasteiger partial charge in [-0.25, -0.2) is 4.98 Å². The summed E-state index contributed by atoms with van der Waals surface area (Å²) >= 11 is 1.70. The molecule has 0 bridgehead atoms. The van der Waals surface area contributed by atoms with Crippen molar-refractivity contribution in [3.63, 3.8) is 0 Å². The first kappa shape index (κ1) is 11.1. The summed E-state index contributed by atoms with van der Waals surface area (Å²) in [6.45, 7) is 4.20. The van der Waals surface area contributed by atoms with Crippen LogP contribution in [0.5, 0.6) is 5.75 Å². The van der Waals surface area contributed by atoms with Crippen molar-refractivity contribution in [3.05, 3.63) is 34.2 Å². The van der Waals surface area contributed by atoms with E-state index in [-0.39, 0.29) is 0 Å². The van der Waals surface area contributed by atoms with Crippen LogP contribution in [-0.4, -0.2) is 12.1 Å². The third-order valence-corrected chi connectivity index (χ3v) is 3.48. The molecule has 1 heterocycles. The van der Waals surface area contributed by atoms with Crippen LogP contribution in [0.15, 0.2) is 23.6 Å². The highest BCUT2D eigenvalue weighted by molar-refractivity contribution is 7.09. The molecule has 16 heavy (non-hydrogen) atoms. The van der Waals surface area contributed by atoms with Gasteiger partial charge in [-0.2, -0.15) is 0 Å². The largest absolute Gasteiger partial charge is 0.496 e. The van der Waals surface area contributed by atoms with E-state index in [1.807, 2.05) is 6.07 Å². The Morgan fingerprint density at radius 2 is 2.19 bits per heavy atom. The second kappa shape index (κ2) is 4.66. The van der Waals surface area contributed by atoms with Gasteiger partial charge in [0.05, 0.1) is 17.8 Å². The van der Waals surface area contributed by atoms with Crippen molar-refractivity contribution >= 4 is 11.3 Å². The van der Waals surface area contributed by atoms with Crippen LogP contribution in [0, 0.1) is 6.92 Å². The molecule has 1 aromatic heterocycles. The van der Waals surface area contributed by atoms with Crippen LogP contribution in [-0.2, 0) is 6.42 Å². The van der Waals surface area contributed by atoms with Crippen molar-refractivity contribution in [1.29, 1.82) is 0 Å². The van der Waals surface area contributed by atoms with Crippen LogP contribution in [0.2, 0.25) is 0 Å². The summed E-state index contributed by atoms with van der Waals surface area (Å²) in [5.41, 5.74) is 3.32. The predicted molar refractivity (Wildman–Crippen MR) is 68.2 cm³/mol. The molecule has 1 aromatic carbocycles. The van der Waals surface area contributed by atoms with E-state index >= 15 is 0 Å². The number of thiazole rings is 1. The van der Waals surface area contributed by atoms with Crippen molar-refractivity contribution in [2.45, 2.75) is 20.3 Å². The fourth-order valence-corrected chi connectivity index (χ4v) is 2.36. The number of aromatic nitrogens is 1. The molecule has 0 aliphatic rings. The molecule has 0 spiro atoms. The zero-order valence-corrected chi connectivity index (χ0v) is 10.6. The maximum Gasteiger partial charge on any atom is 0.128 e. The third kappa shape index (κ3) is 2.09. The summed E-state index contributed by atoms with van der Waals surface area (Å²) in [6, 6.07) is 6.17. The van der Waals surface area contributed by atoms with Gasteiger partial charge in [-0.15, -0.1) is 11.3 Å². The van der Waals surface area contributed by atoms with Crippen molar-refractivity contribution in [1.82, 2.24) is 4.98 Å². The summed E-state index contributed by atoms with van der Waals surface area (Å²) in [5, 5.41) is 3.26. The van der Waals surface area contributed by atoms with E-state index in [0.717, 1.165) is 23.4 Å². The van der Waals surface area contributed by atoms with Crippen LogP contribution in [0.25, 0.3) is 11.3 Å². The number of ether oxygens (including phenoxy) is 1. The van der Waals surface area contributed by atoms with Crippen LogP contribution in [0.1, 0.15) is 17.5 Å². The van der Waals surface area contributed by atoms with E-state index in [0.29, 0.717) is 0 Å². The molecule has 0 aliphatic heterocycles. The van der Waals surface area contributed by atoms with Gasteiger partial charge in [0.2, 0.25) is 0 Å². The molecule has 3 heteroatoms. The number of hydrogen-bond donors (Lipinski definition) is 0. The predicted octanol–water partition coefficient (Wildman–Crippen LogP) is 3.69. The number of hydrogen-bond acceptors (Lipinski definition) is 3. The molecule has 0 radical (unpaired) electrons. The molecule has 0 unspecified atom stereocenters. The zero-order chi connectivity index (χ0) is 11.5. The Morgan fingerprint density at radius 3 is 2.81 bits per heavy atom. The molecule has 0 saturated carbocycles. The van der Waals surface area contributed by atoms with E-state index in [4.69, 9.17) is 4.74 Å². The maximum absolute atomic E-state index is 5.36. The Kier molecular flexibility index (Phi) is 3.25. The Hall–Kier alpha value is -1.35. The molecule has 0 saturated heterocycles. The van der Waals surface area contributed by atoms with E-state index in [9.17, 15) is 0 Å². The van der Waals surface area contributed by atoms with E-state index in [2.05, 4.69) is 36.3 Å². The Morgan fingerprint density at radius 1 is 1.38 bits per heavy atom.